The first-order valence-corrected chi connectivity index (χ1v) is 9.16. The Labute approximate surface area is 153 Å². The summed E-state index contributed by atoms with van der Waals surface area (Å²) in [5.74, 6) is 1.56. The Balaban J connectivity index is 1.24. The molecule has 0 saturated heterocycles. The summed E-state index contributed by atoms with van der Waals surface area (Å²) in [7, 11) is 1.88. The van der Waals surface area contributed by atoms with Crippen LogP contribution in [-0.4, -0.2) is 43.3 Å². The molecule has 5 heteroatoms. The standard InChI is InChI=1S/C21H24N2O3/c1-23(17-12-15-6-2-3-7-16(15)13-17)21(24)22-11-10-18-14-25-19-8-4-5-9-20(19)26-18/h2-9,17-18H,10-14H2,1H3,(H,22,24). The average Bonchev–Trinajstić information content (AvgIpc) is 3.11. The van der Waals surface area contributed by atoms with E-state index in [4.69, 9.17) is 9.47 Å². The molecule has 4 rings (SSSR count). The second-order valence-corrected chi connectivity index (χ2v) is 6.96. The number of para-hydroxylation sites is 2. The lowest BCUT2D eigenvalue weighted by molar-refractivity contribution is 0.0848. The van der Waals surface area contributed by atoms with Crippen LogP contribution in [0.4, 0.5) is 4.79 Å². The molecule has 26 heavy (non-hydrogen) atoms. The van der Waals surface area contributed by atoms with Gasteiger partial charge in [0.05, 0.1) is 0 Å². The van der Waals surface area contributed by atoms with Gasteiger partial charge in [0.1, 0.15) is 12.7 Å². The number of ether oxygens (including phenoxy) is 2. The summed E-state index contributed by atoms with van der Waals surface area (Å²) in [6, 6.07) is 16.3. The number of carbonyl (C=O) groups excluding carboxylic acids is 1. The fraction of sp³-hybridized carbons (Fsp3) is 0.381. The van der Waals surface area contributed by atoms with E-state index in [2.05, 4.69) is 29.6 Å². The van der Waals surface area contributed by atoms with Crippen molar-refractivity contribution >= 4 is 6.03 Å². The summed E-state index contributed by atoms with van der Waals surface area (Å²) < 4.78 is 11.6. The Kier molecular flexibility index (Phi) is 4.69. The van der Waals surface area contributed by atoms with Crippen molar-refractivity contribution in [1.82, 2.24) is 10.2 Å². The lowest BCUT2D eigenvalue weighted by Gasteiger charge is -2.27. The van der Waals surface area contributed by atoms with Crippen LogP contribution in [0.5, 0.6) is 11.5 Å². The molecule has 2 aliphatic rings. The molecule has 136 valence electrons. The maximum Gasteiger partial charge on any atom is 0.317 e. The predicted molar refractivity (Wildman–Crippen MR) is 99.8 cm³/mol. The van der Waals surface area contributed by atoms with Gasteiger partial charge in [-0.3, -0.25) is 0 Å². The van der Waals surface area contributed by atoms with E-state index in [0.29, 0.717) is 13.2 Å². The molecular weight excluding hydrogens is 328 g/mol. The molecule has 1 N–H and O–H groups in total. The van der Waals surface area contributed by atoms with E-state index >= 15 is 0 Å². The highest BCUT2D eigenvalue weighted by Gasteiger charge is 2.27. The maximum absolute atomic E-state index is 12.5. The van der Waals surface area contributed by atoms with Crippen LogP contribution >= 0.6 is 0 Å². The maximum atomic E-state index is 12.5. The minimum Gasteiger partial charge on any atom is -0.486 e. The van der Waals surface area contributed by atoms with Crippen LogP contribution in [0, 0.1) is 0 Å². The molecule has 0 bridgehead atoms. The molecule has 0 radical (unpaired) electrons. The van der Waals surface area contributed by atoms with Crippen molar-refractivity contribution in [1.29, 1.82) is 0 Å². The summed E-state index contributed by atoms with van der Waals surface area (Å²) >= 11 is 0. The molecule has 0 saturated carbocycles. The fourth-order valence-electron chi connectivity index (χ4n) is 3.65. The number of nitrogens with zero attached hydrogens (tertiary/aromatic N) is 1. The number of nitrogens with one attached hydrogen (secondary N) is 1. The van der Waals surface area contributed by atoms with Gasteiger partial charge in [-0.05, 0) is 36.1 Å². The summed E-state index contributed by atoms with van der Waals surface area (Å²) in [5, 5.41) is 3.01. The largest absolute Gasteiger partial charge is 0.486 e. The minimum absolute atomic E-state index is 0.0278. The third kappa shape index (κ3) is 3.47. The second kappa shape index (κ2) is 7.28. The molecule has 2 aromatic rings. The van der Waals surface area contributed by atoms with Gasteiger partial charge in [-0.25, -0.2) is 4.79 Å². The van der Waals surface area contributed by atoms with Gasteiger partial charge in [0.25, 0.3) is 0 Å². The average molecular weight is 352 g/mol. The molecule has 1 heterocycles. The molecule has 0 spiro atoms. The highest BCUT2D eigenvalue weighted by atomic mass is 16.6. The molecule has 0 aromatic heterocycles. The first-order chi connectivity index (χ1) is 12.7. The molecule has 1 atom stereocenters. The summed E-state index contributed by atoms with van der Waals surface area (Å²) in [6.45, 7) is 1.08. The zero-order chi connectivity index (χ0) is 17.9. The topological polar surface area (TPSA) is 50.8 Å². The van der Waals surface area contributed by atoms with E-state index in [1.807, 2.05) is 36.2 Å². The van der Waals surface area contributed by atoms with Crippen LogP contribution in [0.1, 0.15) is 17.5 Å². The van der Waals surface area contributed by atoms with Crippen molar-refractivity contribution in [3.8, 4) is 11.5 Å². The van der Waals surface area contributed by atoms with Gasteiger partial charge < -0.3 is 19.7 Å². The van der Waals surface area contributed by atoms with Crippen LogP contribution in [0.15, 0.2) is 48.5 Å². The van der Waals surface area contributed by atoms with Crippen molar-refractivity contribution < 1.29 is 14.3 Å². The fourth-order valence-corrected chi connectivity index (χ4v) is 3.65. The Morgan fingerprint density at radius 1 is 1.08 bits per heavy atom. The Morgan fingerprint density at radius 3 is 2.46 bits per heavy atom. The first-order valence-electron chi connectivity index (χ1n) is 9.16. The molecule has 2 amide bonds. The number of rotatable bonds is 4. The van der Waals surface area contributed by atoms with Crippen molar-refractivity contribution in [2.75, 3.05) is 20.2 Å². The van der Waals surface area contributed by atoms with Gasteiger partial charge >= 0.3 is 6.03 Å². The number of likely N-dealkylation sites (N-methyl/N-ethyl adjacent to an activating group) is 1. The van der Waals surface area contributed by atoms with E-state index in [1.54, 1.807) is 0 Å². The molecule has 5 nitrogen and oxygen atoms in total. The number of benzene rings is 2. The van der Waals surface area contributed by atoms with Gasteiger partial charge in [-0.1, -0.05) is 36.4 Å². The number of hydrogen-bond acceptors (Lipinski definition) is 3. The smallest absolute Gasteiger partial charge is 0.317 e. The summed E-state index contributed by atoms with van der Waals surface area (Å²) in [4.78, 5) is 14.3. The molecule has 1 unspecified atom stereocenters. The Bertz CT molecular complexity index is 767. The number of hydrogen-bond donors (Lipinski definition) is 1. The van der Waals surface area contributed by atoms with Crippen molar-refractivity contribution in [2.24, 2.45) is 0 Å². The molecule has 1 aliphatic carbocycles. The number of urea groups is 1. The molecule has 0 fully saturated rings. The van der Waals surface area contributed by atoms with Crippen molar-refractivity contribution in [2.45, 2.75) is 31.4 Å². The number of amides is 2. The Hall–Kier alpha value is -2.69. The van der Waals surface area contributed by atoms with E-state index in [1.165, 1.54) is 11.1 Å². The van der Waals surface area contributed by atoms with Gasteiger partial charge in [-0.15, -0.1) is 0 Å². The van der Waals surface area contributed by atoms with Crippen molar-refractivity contribution in [3.05, 3.63) is 59.7 Å². The third-order valence-electron chi connectivity index (χ3n) is 5.21. The lowest BCUT2D eigenvalue weighted by atomic mass is 10.1. The zero-order valence-corrected chi connectivity index (χ0v) is 15.0. The third-order valence-corrected chi connectivity index (χ3v) is 5.21. The van der Waals surface area contributed by atoms with Crippen molar-refractivity contribution in [3.63, 3.8) is 0 Å². The van der Waals surface area contributed by atoms with E-state index < -0.39 is 0 Å². The van der Waals surface area contributed by atoms with Gasteiger partial charge in [0.2, 0.25) is 0 Å². The number of fused-ring (bicyclic) bond motifs is 2. The molecule has 2 aromatic carbocycles. The van der Waals surface area contributed by atoms with E-state index in [-0.39, 0.29) is 18.2 Å². The highest BCUT2D eigenvalue weighted by Crippen LogP contribution is 2.31. The minimum atomic E-state index is -0.0359. The van der Waals surface area contributed by atoms with Crippen LogP contribution < -0.4 is 14.8 Å². The Morgan fingerprint density at radius 2 is 1.73 bits per heavy atom. The van der Waals surface area contributed by atoms with Crippen LogP contribution in [-0.2, 0) is 12.8 Å². The SMILES string of the molecule is CN(C(=O)NCCC1COc2ccccc2O1)C1Cc2ccccc2C1. The zero-order valence-electron chi connectivity index (χ0n) is 15.0. The first kappa shape index (κ1) is 16.8. The van der Waals surface area contributed by atoms with Crippen LogP contribution in [0.25, 0.3) is 0 Å². The quantitative estimate of drug-likeness (QED) is 0.920. The molecule has 1 aliphatic heterocycles. The lowest BCUT2D eigenvalue weighted by Crippen LogP contribution is -2.45. The number of carbonyl (C=O) groups is 1. The predicted octanol–water partition coefficient (Wildman–Crippen LogP) is 3.03. The van der Waals surface area contributed by atoms with Gasteiger partial charge in [-0.2, -0.15) is 0 Å². The van der Waals surface area contributed by atoms with Crippen LogP contribution in [0.2, 0.25) is 0 Å². The van der Waals surface area contributed by atoms with E-state index in [0.717, 1.165) is 30.8 Å². The second-order valence-electron chi connectivity index (χ2n) is 6.96. The summed E-state index contributed by atoms with van der Waals surface area (Å²) in [6.07, 6.45) is 2.54. The van der Waals surface area contributed by atoms with Gasteiger partial charge in [0.15, 0.2) is 11.5 Å². The monoisotopic (exact) mass is 352 g/mol. The van der Waals surface area contributed by atoms with Crippen LogP contribution in [0.3, 0.4) is 0 Å². The summed E-state index contributed by atoms with van der Waals surface area (Å²) in [5.41, 5.74) is 2.70. The molecular formula is C21H24N2O3. The highest BCUT2D eigenvalue weighted by molar-refractivity contribution is 5.74. The van der Waals surface area contributed by atoms with E-state index in [9.17, 15) is 4.79 Å². The van der Waals surface area contributed by atoms with Gasteiger partial charge in [0, 0.05) is 26.1 Å². The normalized spacial score (nSPS) is 18.3.